The minimum absolute atomic E-state index is 0.0253. The number of aromatic nitrogens is 4. The van der Waals surface area contributed by atoms with Gasteiger partial charge in [-0.25, -0.2) is 26.9 Å². The van der Waals surface area contributed by atoms with Crippen molar-refractivity contribution in [1.82, 2.24) is 19.7 Å². The van der Waals surface area contributed by atoms with Gasteiger partial charge < -0.3 is 19.6 Å². The predicted octanol–water partition coefficient (Wildman–Crippen LogP) is 7.56. The molecule has 1 saturated carbocycles. The number of halogens is 2. The van der Waals surface area contributed by atoms with Crippen LogP contribution in [0, 0.1) is 34.3 Å². The molecule has 3 aromatic carbocycles. The van der Waals surface area contributed by atoms with Crippen LogP contribution in [-0.2, 0) is 49.5 Å². The van der Waals surface area contributed by atoms with E-state index in [1.54, 1.807) is 51.4 Å². The fourth-order valence-electron chi connectivity index (χ4n) is 9.09. The summed E-state index contributed by atoms with van der Waals surface area (Å²) in [7, 11) is -2.21. The zero-order valence-corrected chi connectivity index (χ0v) is 33.1. The number of ether oxygens (including phenoxy) is 2. The van der Waals surface area contributed by atoms with Crippen molar-refractivity contribution in [3.63, 3.8) is 0 Å². The number of aromatic amines is 1. The average molecular weight is 789 g/mol. The number of aliphatic carboxylic acids is 1. The van der Waals surface area contributed by atoms with Gasteiger partial charge in [0, 0.05) is 35.8 Å². The molecule has 1 aliphatic carbocycles. The summed E-state index contributed by atoms with van der Waals surface area (Å²) in [5.74, 6) is -4.79. The second-order valence-corrected chi connectivity index (χ2v) is 18.7. The van der Waals surface area contributed by atoms with E-state index < -0.39 is 55.5 Å². The quantitative estimate of drug-likeness (QED) is 0.166. The van der Waals surface area contributed by atoms with Crippen LogP contribution >= 0.6 is 0 Å². The van der Waals surface area contributed by atoms with Crippen LogP contribution in [0.1, 0.15) is 70.0 Å². The van der Waals surface area contributed by atoms with E-state index in [1.807, 2.05) is 26.8 Å². The first-order valence-electron chi connectivity index (χ1n) is 18.7. The van der Waals surface area contributed by atoms with Crippen molar-refractivity contribution in [3.8, 4) is 22.9 Å². The first-order valence-corrected chi connectivity index (χ1v) is 20.6. The van der Waals surface area contributed by atoms with Crippen LogP contribution in [0.4, 0.5) is 8.78 Å². The highest BCUT2D eigenvalue weighted by Crippen LogP contribution is 2.67. The third-order valence-corrected chi connectivity index (χ3v) is 13.4. The van der Waals surface area contributed by atoms with E-state index in [0.717, 1.165) is 6.07 Å². The molecule has 14 heteroatoms. The van der Waals surface area contributed by atoms with Gasteiger partial charge in [0.2, 0.25) is 0 Å². The number of carbonyl (C=O) groups excluding carboxylic acids is 1. The Bertz CT molecular complexity index is 2480. The largest absolute Gasteiger partial charge is 0.480 e. The summed E-state index contributed by atoms with van der Waals surface area (Å²) in [4.78, 5) is 34.4. The number of rotatable bonds is 6. The number of nitrogens with zero attached hydrogens (tertiary/aromatic N) is 3. The number of carboxylic acids is 1. The fourth-order valence-corrected chi connectivity index (χ4v) is 11.0. The van der Waals surface area contributed by atoms with Gasteiger partial charge in [-0.2, -0.15) is 5.10 Å². The maximum absolute atomic E-state index is 15.8. The minimum Gasteiger partial charge on any atom is -0.480 e. The van der Waals surface area contributed by atoms with Crippen molar-refractivity contribution in [2.45, 2.75) is 65.7 Å². The summed E-state index contributed by atoms with van der Waals surface area (Å²) < 4.78 is 72.2. The molecular weight excluding hydrogens is 743 g/mol. The van der Waals surface area contributed by atoms with Gasteiger partial charge in [-0.05, 0) is 84.7 Å². The molecule has 4 atom stereocenters. The standard InChI is InChI=1S/C42H46F2N4O7S/c1-7-54-37(49)24(2)17-25-9-8-10-26(18-25)42(39(50)51)34-21-41(34,5)22-40(3,4)23-56(52,53)16-14-29-28-13-15-45-33(28)20-32(44)35(29)55-27-11-12-31(43)30(19-27)36-46-38(42)47-48(36)6/h8-13,15,18-20,24,34,45H,7,14,16-17,21-23H2,1-6H3,(H,50,51)/t24?,34?,41-,42?/m1/s1. The van der Waals surface area contributed by atoms with Gasteiger partial charge in [0.1, 0.15) is 11.6 Å². The number of esters is 1. The number of hydrogen-bond donors (Lipinski definition) is 2. The Hall–Kier alpha value is -5.11. The Morgan fingerprint density at radius 3 is 2.61 bits per heavy atom. The Morgan fingerprint density at radius 1 is 1.11 bits per heavy atom. The second kappa shape index (κ2) is 14.1. The van der Waals surface area contributed by atoms with Crippen LogP contribution in [0.5, 0.6) is 11.5 Å². The molecule has 1 aliphatic heterocycles. The summed E-state index contributed by atoms with van der Waals surface area (Å²) >= 11 is 0. The van der Waals surface area contributed by atoms with Crippen molar-refractivity contribution in [2.24, 2.45) is 29.7 Å². The number of carboxylic acid groups (broad SMARTS) is 1. The van der Waals surface area contributed by atoms with Gasteiger partial charge in [-0.3, -0.25) is 9.59 Å². The van der Waals surface area contributed by atoms with E-state index in [4.69, 9.17) is 14.5 Å². The molecular formula is C42H46F2N4O7S. The van der Waals surface area contributed by atoms with Crippen molar-refractivity contribution >= 4 is 32.7 Å². The van der Waals surface area contributed by atoms with Crippen molar-refractivity contribution in [3.05, 3.63) is 94.9 Å². The molecule has 296 valence electrons. The summed E-state index contributed by atoms with van der Waals surface area (Å²) in [6, 6.07) is 13.8. The maximum Gasteiger partial charge on any atom is 0.322 e. The molecule has 2 aliphatic rings. The molecule has 0 radical (unpaired) electrons. The van der Waals surface area contributed by atoms with Crippen LogP contribution in [0.2, 0.25) is 0 Å². The molecule has 0 amide bonds. The van der Waals surface area contributed by atoms with Crippen molar-refractivity contribution < 1.29 is 41.4 Å². The number of aryl methyl sites for hydroxylation is 2. The maximum atomic E-state index is 15.8. The van der Waals surface area contributed by atoms with Crippen molar-refractivity contribution in [1.29, 1.82) is 0 Å². The van der Waals surface area contributed by atoms with E-state index in [-0.39, 0.29) is 65.6 Å². The summed E-state index contributed by atoms with van der Waals surface area (Å²) in [5.41, 5.74) is -1.49. The molecule has 4 bridgehead atoms. The molecule has 0 saturated heterocycles. The van der Waals surface area contributed by atoms with E-state index in [9.17, 15) is 23.1 Å². The van der Waals surface area contributed by atoms with Crippen LogP contribution in [0.25, 0.3) is 22.3 Å². The van der Waals surface area contributed by atoms with Crippen LogP contribution < -0.4 is 4.74 Å². The number of H-pyrrole nitrogens is 1. The first-order chi connectivity index (χ1) is 26.4. The van der Waals surface area contributed by atoms with Crippen LogP contribution in [0.3, 0.4) is 0 Å². The highest BCUT2D eigenvalue weighted by atomic mass is 32.2. The number of sulfone groups is 1. The lowest BCUT2D eigenvalue weighted by Gasteiger charge is -2.33. The highest BCUT2D eigenvalue weighted by molar-refractivity contribution is 7.91. The molecule has 3 unspecified atom stereocenters. The molecule has 56 heavy (non-hydrogen) atoms. The van der Waals surface area contributed by atoms with E-state index in [0.29, 0.717) is 40.4 Å². The Kier molecular flexibility index (Phi) is 9.87. The van der Waals surface area contributed by atoms with Crippen LogP contribution in [0.15, 0.2) is 60.8 Å². The molecule has 2 N–H and O–H groups in total. The van der Waals surface area contributed by atoms with Gasteiger partial charge in [0.25, 0.3) is 0 Å². The monoisotopic (exact) mass is 788 g/mol. The summed E-state index contributed by atoms with van der Waals surface area (Å²) in [6.07, 6.45) is 2.64. The van der Waals surface area contributed by atoms with Gasteiger partial charge in [0.15, 0.2) is 38.5 Å². The third kappa shape index (κ3) is 7.08. The molecule has 11 nitrogen and oxygen atoms in total. The predicted molar refractivity (Wildman–Crippen MR) is 206 cm³/mol. The lowest BCUT2D eigenvalue weighted by Crippen LogP contribution is -2.43. The normalized spacial score (nSPS) is 23.5. The van der Waals surface area contributed by atoms with E-state index in [1.165, 1.54) is 22.9 Å². The van der Waals surface area contributed by atoms with E-state index in [2.05, 4.69) is 10.1 Å². The minimum atomic E-state index is -3.75. The topological polar surface area (TPSA) is 153 Å². The SMILES string of the molecule is CCOC(=O)C(C)Cc1cccc(C2(C(=O)O)c3nc(n(C)n3)-c3cc(ccc3F)Oc3c(F)cc4[nH]ccc4c3CCS(=O)(=O)CC(C)(C)C[C@@]3(C)CC23)c1. The van der Waals surface area contributed by atoms with Gasteiger partial charge >= 0.3 is 11.9 Å². The molecule has 1 fully saturated rings. The third-order valence-electron chi connectivity index (χ3n) is 11.4. The van der Waals surface area contributed by atoms with Crippen LogP contribution in [-0.4, -0.2) is 63.3 Å². The smallest absolute Gasteiger partial charge is 0.322 e. The lowest BCUT2D eigenvalue weighted by atomic mass is 9.70. The van der Waals surface area contributed by atoms with Gasteiger partial charge in [-0.1, -0.05) is 52.0 Å². The molecule has 3 heterocycles. The van der Waals surface area contributed by atoms with Gasteiger partial charge in [0.05, 0.1) is 29.6 Å². The highest BCUT2D eigenvalue weighted by Gasteiger charge is 2.68. The number of carbonyl (C=O) groups is 2. The van der Waals surface area contributed by atoms with Crippen molar-refractivity contribution in [2.75, 3.05) is 18.1 Å². The second-order valence-electron chi connectivity index (χ2n) is 16.5. The zero-order chi connectivity index (χ0) is 40.4. The van der Waals surface area contributed by atoms with E-state index >= 15 is 8.78 Å². The zero-order valence-electron chi connectivity index (χ0n) is 32.3. The molecule has 5 aromatic rings. The number of benzene rings is 3. The number of nitrogens with one attached hydrogen (secondary N) is 1. The molecule has 7 rings (SSSR count). The Labute approximate surface area is 324 Å². The summed E-state index contributed by atoms with van der Waals surface area (Å²) in [6.45, 7) is 9.38. The fraction of sp³-hybridized carbons (Fsp3) is 0.429. The number of fused-ring (bicyclic) bond motifs is 9. The lowest BCUT2D eigenvalue weighted by molar-refractivity contribution is -0.147. The molecule has 2 aromatic heterocycles. The first kappa shape index (κ1) is 39.1. The number of hydrogen-bond acceptors (Lipinski definition) is 8. The summed E-state index contributed by atoms with van der Waals surface area (Å²) in [5, 5.41) is 16.7. The average Bonchev–Trinajstić information content (AvgIpc) is 3.37. The van der Waals surface area contributed by atoms with Gasteiger partial charge in [-0.15, -0.1) is 0 Å². The Morgan fingerprint density at radius 2 is 1.88 bits per heavy atom. The Balaban J connectivity index is 1.43. The molecule has 0 spiro atoms.